The maximum atomic E-state index is 12.2. The Morgan fingerprint density at radius 2 is 2.14 bits per heavy atom. The van der Waals surface area contributed by atoms with Crippen LogP contribution in [0.15, 0.2) is 16.5 Å². The summed E-state index contributed by atoms with van der Waals surface area (Å²) in [5.74, 6) is 2.14. The first-order valence-corrected chi connectivity index (χ1v) is 9.08. The Morgan fingerprint density at radius 1 is 1.43 bits per heavy atom. The number of sulfonamides is 1. The summed E-state index contributed by atoms with van der Waals surface area (Å²) >= 11 is 0. The second-order valence-electron chi connectivity index (χ2n) is 6.22. The SMILES string of the molecule is Cc1ccc(CN[C@@H]2CCN(S(=O)(=O)C(C)C)C[C@@H]2C)o1. The molecule has 120 valence electrons. The normalized spacial score (nSPS) is 24.6. The molecule has 0 unspecified atom stereocenters. The van der Waals surface area contributed by atoms with Crippen LogP contribution >= 0.6 is 0 Å². The first-order chi connectivity index (χ1) is 9.80. The van der Waals surface area contributed by atoms with E-state index in [2.05, 4.69) is 12.2 Å². The molecule has 1 fully saturated rings. The lowest BCUT2D eigenvalue weighted by atomic mass is 9.95. The van der Waals surface area contributed by atoms with E-state index in [0.29, 0.717) is 31.6 Å². The zero-order chi connectivity index (χ0) is 15.6. The molecule has 2 heterocycles. The van der Waals surface area contributed by atoms with E-state index >= 15 is 0 Å². The Labute approximate surface area is 127 Å². The number of piperidine rings is 1. The van der Waals surface area contributed by atoms with Gasteiger partial charge in [-0.3, -0.25) is 0 Å². The van der Waals surface area contributed by atoms with Gasteiger partial charge in [0.15, 0.2) is 0 Å². The Morgan fingerprint density at radius 3 is 2.67 bits per heavy atom. The predicted octanol–water partition coefficient (Wildman–Crippen LogP) is 2.13. The first-order valence-electron chi connectivity index (χ1n) is 7.58. The third-order valence-electron chi connectivity index (χ3n) is 4.16. The minimum atomic E-state index is -3.13. The van der Waals surface area contributed by atoms with Crippen LogP contribution in [0, 0.1) is 12.8 Å². The van der Waals surface area contributed by atoms with Crippen molar-refractivity contribution in [2.45, 2.75) is 52.0 Å². The number of furan rings is 1. The number of nitrogens with zero attached hydrogens (tertiary/aromatic N) is 1. The van der Waals surface area contributed by atoms with Crippen molar-refractivity contribution in [2.75, 3.05) is 13.1 Å². The van der Waals surface area contributed by atoms with Crippen molar-refractivity contribution in [2.24, 2.45) is 5.92 Å². The number of nitrogens with one attached hydrogen (secondary N) is 1. The Balaban J connectivity index is 1.89. The van der Waals surface area contributed by atoms with Gasteiger partial charge in [-0.2, -0.15) is 0 Å². The van der Waals surface area contributed by atoms with Crippen LogP contribution in [-0.4, -0.2) is 37.1 Å². The number of hydrogen-bond donors (Lipinski definition) is 1. The van der Waals surface area contributed by atoms with Crippen LogP contribution < -0.4 is 5.32 Å². The summed E-state index contributed by atoms with van der Waals surface area (Å²) in [5, 5.41) is 3.14. The van der Waals surface area contributed by atoms with Crippen molar-refractivity contribution in [1.29, 1.82) is 0 Å². The molecule has 0 spiro atoms. The van der Waals surface area contributed by atoms with Crippen LogP contribution in [0.2, 0.25) is 0 Å². The molecule has 6 heteroatoms. The Hall–Kier alpha value is -0.850. The quantitative estimate of drug-likeness (QED) is 0.904. The molecule has 0 amide bonds. The summed E-state index contributed by atoms with van der Waals surface area (Å²) in [6, 6.07) is 4.26. The molecular formula is C15H26N2O3S. The van der Waals surface area contributed by atoms with Gasteiger partial charge >= 0.3 is 0 Å². The second-order valence-corrected chi connectivity index (χ2v) is 8.71. The monoisotopic (exact) mass is 314 g/mol. The number of aryl methyl sites for hydroxylation is 1. The van der Waals surface area contributed by atoms with Gasteiger partial charge in [-0.05, 0) is 45.2 Å². The summed E-state index contributed by atoms with van der Waals surface area (Å²) in [6.45, 7) is 9.40. The van der Waals surface area contributed by atoms with Crippen LogP contribution in [0.5, 0.6) is 0 Å². The highest BCUT2D eigenvalue weighted by Gasteiger charge is 2.33. The van der Waals surface area contributed by atoms with E-state index in [9.17, 15) is 8.42 Å². The predicted molar refractivity (Wildman–Crippen MR) is 83.5 cm³/mol. The fourth-order valence-corrected chi connectivity index (χ4v) is 4.15. The molecule has 5 nitrogen and oxygen atoms in total. The van der Waals surface area contributed by atoms with Gasteiger partial charge in [0, 0.05) is 19.1 Å². The average Bonchev–Trinajstić information content (AvgIpc) is 2.82. The molecule has 0 radical (unpaired) electrons. The molecule has 0 saturated carbocycles. The molecule has 1 aliphatic rings. The van der Waals surface area contributed by atoms with Gasteiger partial charge in [-0.25, -0.2) is 12.7 Å². The van der Waals surface area contributed by atoms with Crippen LogP contribution in [0.1, 0.15) is 38.7 Å². The number of hydrogen-bond acceptors (Lipinski definition) is 4. The third-order valence-corrected chi connectivity index (χ3v) is 6.40. The van der Waals surface area contributed by atoms with Gasteiger partial charge in [0.25, 0.3) is 0 Å². The molecule has 2 atom stereocenters. The molecule has 1 aromatic heterocycles. The zero-order valence-corrected chi connectivity index (χ0v) is 14.1. The topological polar surface area (TPSA) is 62.6 Å². The van der Waals surface area contributed by atoms with Gasteiger partial charge in [0.1, 0.15) is 11.5 Å². The standard InChI is InChI=1S/C15H26N2O3S/c1-11(2)21(18,19)17-8-7-15(12(3)10-17)16-9-14-6-5-13(4)20-14/h5-6,11-12,15-16H,7-10H2,1-4H3/t12-,15+/m0/s1. The van der Waals surface area contributed by atoms with Crippen molar-refractivity contribution in [3.8, 4) is 0 Å². The molecule has 0 bridgehead atoms. The van der Waals surface area contributed by atoms with Crippen LogP contribution in [0.4, 0.5) is 0 Å². The Kier molecular flexibility index (Phi) is 5.11. The lowest BCUT2D eigenvalue weighted by Crippen LogP contribution is -2.51. The van der Waals surface area contributed by atoms with E-state index < -0.39 is 10.0 Å². The van der Waals surface area contributed by atoms with E-state index in [4.69, 9.17) is 4.42 Å². The third kappa shape index (κ3) is 3.87. The van der Waals surface area contributed by atoms with Gasteiger partial charge in [-0.15, -0.1) is 0 Å². The summed E-state index contributed by atoms with van der Waals surface area (Å²) in [4.78, 5) is 0. The fourth-order valence-electron chi connectivity index (χ4n) is 2.75. The summed E-state index contributed by atoms with van der Waals surface area (Å²) in [6.07, 6.45) is 0.840. The van der Waals surface area contributed by atoms with Gasteiger partial charge in [0.05, 0.1) is 11.8 Å². The molecule has 1 aliphatic heterocycles. The largest absolute Gasteiger partial charge is 0.465 e. The lowest BCUT2D eigenvalue weighted by molar-refractivity contribution is 0.215. The van der Waals surface area contributed by atoms with Gasteiger partial charge < -0.3 is 9.73 Å². The molecule has 0 aliphatic carbocycles. The molecule has 21 heavy (non-hydrogen) atoms. The highest BCUT2D eigenvalue weighted by molar-refractivity contribution is 7.89. The molecule has 0 aromatic carbocycles. The van der Waals surface area contributed by atoms with Crippen molar-refractivity contribution in [3.05, 3.63) is 23.7 Å². The van der Waals surface area contributed by atoms with Gasteiger partial charge in [0.2, 0.25) is 10.0 Å². The molecule has 1 aromatic rings. The van der Waals surface area contributed by atoms with Crippen molar-refractivity contribution in [3.63, 3.8) is 0 Å². The molecule has 1 N–H and O–H groups in total. The van der Waals surface area contributed by atoms with E-state index in [-0.39, 0.29) is 5.25 Å². The summed E-state index contributed by atoms with van der Waals surface area (Å²) in [7, 11) is -3.13. The van der Waals surface area contributed by atoms with Crippen molar-refractivity contribution >= 4 is 10.0 Å². The molecule has 2 rings (SSSR count). The zero-order valence-electron chi connectivity index (χ0n) is 13.3. The van der Waals surface area contributed by atoms with E-state index in [1.165, 1.54) is 0 Å². The smallest absolute Gasteiger partial charge is 0.216 e. The highest BCUT2D eigenvalue weighted by Crippen LogP contribution is 2.22. The maximum absolute atomic E-state index is 12.2. The minimum Gasteiger partial charge on any atom is -0.465 e. The maximum Gasteiger partial charge on any atom is 0.216 e. The fraction of sp³-hybridized carbons (Fsp3) is 0.733. The van der Waals surface area contributed by atoms with E-state index in [1.54, 1.807) is 18.2 Å². The van der Waals surface area contributed by atoms with Gasteiger partial charge in [-0.1, -0.05) is 6.92 Å². The molecule has 1 saturated heterocycles. The summed E-state index contributed by atoms with van der Waals surface area (Å²) in [5.41, 5.74) is 0. The number of rotatable bonds is 5. The average molecular weight is 314 g/mol. The highest BCUT2D eigenvalue weighted by atomic mass is 32.2. The van der Waals surface area contributed by atoms with Crippen LogP contribution in [0.25, 0.3) is 0 Å². The minimum absolute atomic E-state index is 0.295. The Bertz CT molecular complexity index is 565. The van der Waals surface area contributed by atoms with E-state index in [0.717, 1.165) is 17.9 Å². The van der Waals surface area contributed by atoms with Crippen LogP contribution in [0.3, 0.4) is 0 Å². The molecular weight excluding hydrogens is 288 g/mol. The van der Waals surface area contributed by atoms with Crippen LogP contribution in [-0.2, 0) is 16.6 Å². The first kappa shape index (κ1) is 16.5. The van der Waals surface area contributed by atoms with Crippen molar-refractivity contribution < 1.29 is 12.8 Å². The summed E-state index contributed by atoms with van der Waals surface area (Å²) < 4.78 is 31.6. The van der Waals surface area contributed by atoms with Crippen molar-refractivity contribution in [1.82, 2.24) is 9.62 Å². The lowest BCUT2D eigenvalue weighted by Gasteiger charge is -2.37. The van der Waals surface area contributed by atoms with E-state index in [1.807, 2.05) is 19.1 Å². The second kappa shape index (κ2) is 6.50.